The maximum absolute atomic E-state index is 11.8. The Hall–Kier alpha value is -2.03. The van der Waals surface area contributed by atoms with Gasteiger partial charge >= 0.3 is 5.97 Å². The second-order valence-corrected chi connectivity index (χ2v) is 4.33. The molecule has 94 valence electrons. The van der Waals surface area contributed by atoms with Crippen LogP contribution in [-0.4, -0.2) is 18.2 Å². The third-order valence-corrected chi connectivity index (χ3v) is 3.24. The van der Waals surface area contributed by atoms with Crippen LogP contribution in [0.25, 0.3) is 5.57 Å². The van der Waals surface area contributed by atoms with Gasteiger partial charge in [-0.15, -0.1) is 6.58 Å². The SMILES string of the molecule is C=CCC1Cc2ccccc2C(C(=O)OC)=C1O. The van der Waals surface area contributed by atoms with Gasteiger partial charge in [-0.3, -0.25) is 0 Å². The molecule has 0 fully saturated rings. The van der Waals surface area contributed by atoms with E-state index in [4.69, 9.17) is 4.74 Å². The number of fused-ring (bicyclic) bond motifs is 1. The van der Waals surface area contributed by atoms with Crippen molar-refractivity contribution in [2.24, 2.45) is 5.92 Å². The summed E-state index contributed by atoms with van der Waals surface area (Å²) in [5.74, 6) is -0.472. The average molecular weight is 244 g/mol. The molecule has 0 heterocycles. The van der Waals surface area contributed by atoms with Gasteiger partial charge in [0.15, 0.2) is 0 Å². The van der Waals surface area contributed by atoms with Crippen LogP contribution < -0.4 is 0 Å². The minimum atomic E-state index is -0.492. The highest BCUT2D eigenvalue weighted by Gasteiger charge is 2.30. The third-order valence-electron chi connectivity index (χ3n) is 3.24. The van der Waals surface area contributed by atoms with Crippen molar-refractivity contribution in [1.29, 1.82) is 0 Å². The molecular weight excluding hydrogens is 228 g/mol. The van der Waals surface area contributed by atoms with Crippen LogP contribution in [0, 0.1) is 5.92 Å². The van der Waals surface area contributed by atoms with Crippen molar-refractivity contribution in [2.45, 2.75) is 12.8 Å². The van der Waals surface area contributed by atoms with Crippen LogP contribution in [0.3, 0.4) is 0 Å². The zero-order chi connectivity index (χ0) is 13.1. The molecule has 0 saturated carbocycles. The second-order valence-electron chi connectivity index (χ2n) is 4.33. The molecule has 2 rings (SSSR count). The van der Waals surface area contributed by atoms with Crippen LogP contribution in [0.2, 0.25) is 0 Å². The van der Waals surface area contributed by atoms with Crippen LogP contribution in [0.4, 0.5) is 0 Å². The summed E-state index contributed by atoms with van der Waals surface area (Å²) in [5.41, 5.74) is 2.11. The van der Waals surface area contributed by atoms with Crippen LogP contribution in [0.15, 0.2) is 42.7 Å². The van der Waals surface area contributed by atoms with Crippen molar-refractivity contribution < 1.29 is 14.6 Å². The molecule has 1 aromatic carbocycles. The van der Waals surface area contributed by atoms with Crippen molar-refractivity contribution in [3.8, 4) is 0 Å². The van der Waals surface area contributed by atoms with E-state index < -0.39 is 5.97 Å². The van der Waals surface area contributed by atoms with Gasteiger partial charge in [0.25, 0.3) is 0 Å². The number of hydrogen-bond acceptors (Lipinski definition) is 3. The molecule has 0 aromatic heterocycles. The number of allylic oxidation sites excluding steroid dienone is 2. The molecule has 1 aliphatic rings. The van der Waals surface area contributed by atoms with Crippen molar-refractivity contribution in [2.75, 3.05) is 7.11 Å². The minimum Gasteiger partial charge on any atom is -0.511 e. The van der Waals surface area contributed by atoms with Gasteiger partial charge < -0.3 is 9.84 Å². The monoisotopic (exact) mass is 244 g/mol. The summed E-state index contributed by atoms with van der Waals surface area (Å²) in [6.07, 6.45) is 3.11. The largest absolute Gasteiger partial charge is 0.511 e. The van der Waals surface area contributed by atoms with Crippen molar-refractivity contribution in [3.05, 3.63) is 53.8 Å². The van der Waals surface area contributed by atoms with Gasteiger partial charge in [-0.05, 0) is 24.0 Å². The molecule has 1 atom stereocenters. The van der Waals surface area contributed by atoms with Gasteiger partial charge in [-0.2, -0.15) is 0 Å². The first kappa shape index (κ1) is 12.4. The maximum Gasteiger partial charge on any atom is 0.341 e. The molecule has 0 radical (unpaired) electrons. The number of carbonyl (C=O) groups is 1. The lowest BCUT2D eigenvalue weighted by atomic mass is 9.81. The van der Waals surface area contributed by atoms with E-state index in [1.807, 2.05) is 24.3 Å². The first-order valence-corrected chi connectivity index (χ1v) is 5.89. The summed E-state index contributed by atoms with van der Waals surface area (Å²) in [5, 5.41) is 10.2. The fraction of sp³-hybridized carbons (Fsp3) is 0.267. The summed E-state index contributed by atoms with van der Waals surface area (Å²) in [4.78, 5) is 11.8. The van der Waals surface area contributed by atoms with E-state index in [1.165, 1.54) is 7.11 Å². The van der Waals surface area contributed by atoms with Crippen LogP contribution in [0.1, 0.15) is 17.5 Å². The summed E-state index contributed by atoms with van der Waals surface area (Å²) >= 11 is 0. The van der Waals surface area contributed by atoms with Crippen molar-refractivity contribution in [1.82, 2.24) is 0 Å². The maximum atomic E-state index is 11.8. The van der Waals surface area contributed by atoms with E-state index in [9.17, 15) is 9.90 Å². The molecule has 0 saturated heterocycles. The van der Waals surface area contributed by atoms with Gasteiger partial charge in [0.2, 0.25) is 0 Å². The number of carbonyl (C=O) groups excluding carboxylic acids is 1. The third kappa shape index (κ3) is 2.04. The number of aliphatic hydroxyl groups is 1. The lowest BCUT2D eigenvalue weighted by Crippen LogP contribution is -2.20. The minimum absolute atomic E-state index is 0.0912. The Morgan fingerprint density at radius 2 is 2.28 bits per heavy atom. The Labute approximate surface area is 106 Å². The number of esters is 1. The summed E-state index contributed by atoms with van der Waals surface area (Å²) in [6, 6.07) is 7.59. The highest BCUT2D eigenvalue weighted by atomic mass is 16.5. The standard InChI is InChI=1S/C15H16O3/c1-3-6-11-9-10-7-4-5-8-12(10)13(14(11)16)15(17)18-2/h3-5,7-8,11,16H,1,6,9H2,2H3. The molecule has 3 nitrogen and oxygen atoms in total. The summed E-state index contributed by atoms with van der Waals surface area (Å²) in [6.45, 7) is 3.69. The molecule has 18 heavy (non-hydrogen) atoms. The Kier molecular flexibility index (Phi) is 3.51. The molecule has 0 aliphatic heterocycles. The lowest BCUT2D eigenvalue weighted by molar-refractivity contribution is -0.133. The molecule has 0 amide bonds. The highest BCUT2D eigenvalue weighted by molar-refractivity contribution is 6.18. The predicted octanol–water partition coefficient (Wildman–Crippen LogP) is 2.88. The smallest absolute Gasteiger partial charge is 0.341 e. The van der Waals surface area contributed by atoms with Gasteiger partial charge in [-0.25, -0.2) is 4.79 Å². The number of ether oxygens (including phenoxy) is 1. The highest BCUT2D eigenvalue weighted by Crippen LogP contribution is 2.35. The molecule has 1 aliphatic carbocycles. The topological polar surface area (TPSA) is 46.5 Å². The average Bonchev–Trinajstić information content (AvgIpc) is 2.39. The lowest BCUT2D eigenvalue weighted by Gasteiger charge is -2.25. The number of aliphatic hydroxyl groups excluding tert-OH is 1. The van der Waals surface area contributed by atoms with E-state index in [1.54, 1.807) is 6.08 Å². The summed E-state index contributed by atoms with van der Waals surface area (Å²) in [7, 11) is 1.32. The van der Waals surface area contributed by atoms with Crippen LogP contribution in [-0.2, 0) is 16.0 Å². The van der Waals surface area contributed by atoms with Gasteiger partial charge in [0.1, 0.15) is 11.3 Å². The van der Waals surface area contributed by atoms with E-state index in [0.29, 0.717) is 12.8 Å². The molecule has 0 spiro atoms. The van der Waals surface area contributed by atoms with Crippen molar-refractivity contribution >= 4 is 11.5 Å². The van der Waals surface area contributed by atoms with E-state index >= 15 is 0 Å². The second kappa shape index (κ2) is 5.08. The van der Waals surface area contributed by atoms with E-state index in [-0.39, 0.29) is 17.3 Å². The number of hydrogen-bond donors (Lipinski definition) is 1. The first-order valence-electron chi connectivity index (χ1n) is 5.89. The first-order chi connectivity index (χ1) is 8.69. The Morgan fingerprint density at radius 3 is 2.94 bits per heavy atom. The molecule has 3 heteroatoms. The van der Waals surface area contributed by atoms with Crippen LogP contribution in [0.5, 0.6) is 0 Å². The molecular formula is C15H16O3. The van der Waals surface area contributed by atoms with E-state index in [2.05, 4.69) is 6.58 Å². The molecule has 1 aromatic rings. The zero-order valence-electron chi connectivity index (χ0n) is 10.3. The molecule has 1 N–H and O–H groups in total. The quantitative estimate of drug-likeness (QED) is 0.657. The Bertz CT molecular complexity index is 514. The zero-order valence-corrected chi connectivity index (χ0v) is 10.3. The number of methoxy groups -OCH3 is 1. The molecule has 1 unspecified atom stereocenters. The van der Waals surface area contributed by atoms with Gasteiger partial charge in [0.05, 0.1) is 7.11 Å². The van der Waals surface area contributed by atoms with Crippen LogP contribution >= 0.6 is 0 Å². The molecule has 0 bridgehead atoms. The van der Waals surface area contributed by atoms with Crippen molar-refractivity contribution in [3.63, 3.8) is 0 Å². The Balaban J connectivity index is 2.55. The Morgan fingerprint density at radius 1 is 1.56 bits per heavy atom. The number of benzene rings is 1. The predicted molar refractivity (Wildman–Crippen MR) is 70.0 cm³/mol. The van der Waals surface area contributed by atoms with Gasteiger partial charge in [-0.1, -0.05) is 30.3 Å². The fourth-order valence-corrected chi connectivity index (χ4v) is 2.36. The van der Waals surface area contributed by atoms with E-state index in [0.717, 1.165) is 11.1 Å². The normalized spacial score (nSPS) is 18.2. The summed E-state index contributed by atoms with van der Waals surface area (Å²) < 4.78 is 4.76. The fourth-order valence-electron chi connectivity index (χ4n) is 2.36. The van der Waals surface area contributed by atoms with Gasteiger partial charge in [0, 0.05) is 5.92 Å². The number of rotatable bonds is 3.